The van der Waals surface area contributed by atoms with E-state index in [1.54, 1.807) is 6.20 Å². The Kier molecular flexibility index (Phi) is 5.99. The summed E-state index contributed by atoms with van der Waals surface area (Å²) in [5.41, 5.74) is 1.16. The van der Waals surface area contributed by atoms with Crippen molar-refractivity contribution in [3.05, 3.63) is 30.1 Å². The maximum absolute atomic E-state index is 11.9. The fraction of sp³-hybridized carbons (Fsp3) is 0.625. The molecule has 1 amide bonds. The molecule has 1 aromatic rings. The number of carbonyl (C=O) groups is 1. The van der Waals surface area contributed by atoms with Crippen LogP contribution in [0.1, 0.15) is 31.7 Å². The molecule has 1 aliphatic rings. The van der Waals surface area contributed by atoms with E-state index in [0.717, 1.165) is 25.1 Å². The lowest BCUT2D eigenvalue weighted by atomic mass is 9.85. The van der Waals surface area contributed by atoms with E-state index in [2.05, 4.69) is 22.5 Å². The smallest absolute Gasteiger partial charge is 0.220 e. The van der Waals surface area contributed by atoms with E-state index >= 15 is 0 Å². The van der Waals surface area contributed by atoms with Crippen molar-refractivity contribution < 1.29 is 4.79 Å². The Bertz CT molecular complexity index is 401. The molecule has 0 aliphatic carbocycles. The van der Waals surface area contributed by atoms with Gasteiger partial charge in [0.1, 0.15) is 0 Å². The van der Waals surface area contributed by atoms with Gasteiger partial charge in [-0.1, -0.05) is 13.0 Å². The Morgan fingerprint density at radius 1 is 1.60 bits per heavy atom. The first kappa shape index (κ1) is 15.0. The number of hydrogen-bond donors (Lipinski definition) is 2. The largest absolute Gasteiger partial charge is 0.356 e. The minimum atomic E-state index is 0.173. The van der Waals surface area contributed by atoms with E-state index in [9.17, 15) is 4.79 Å². The van der Waals surface area contributed by atoms with Crippen molar-refractivity contribution in [2.24, 2.45) is 11.8 Å². The van der Waals surface area contributed by atoms with Crippen LogP contribution in [0.5, 0.6) is 0 Å². The summed E-state index contributed by atoms with van der Waals surface area (Å²) in [5.74, 6) is 1.28. The Morgan fingerprint density at radius 2 is 2.50 bits per heavy atom. The SMILES string of the molecule is CC(CC(=O)NCCc1cccnc1)C1CCCNC1. The summed E-state index contributed by atoms with van der Waals surface area (Å²) in [6.45, 7) is 5.07. The zero-order chi connectivity index (χ0) is 14.2. The molecule has 1 fully saturated rings. The minimum Gasteiger partial charge on any atom is -0.356 e. The van der Waals surface area contributed by atoms with Crippen molar-refractivity contribution in [3.63, 3.8) is 0 Å². The first-order valence-electron chi connectivity index (χ1n) is 7.62. The van der Waals surface area contributed by atoms with E-state index in [1.165, 1.54) is 12.8 Å². The molecular weight excluding hydrogens is 250 g/mol. The maximum Gasteiger partial charge on any atom is 0.220 e. The molecule has 20 heavy (non-hydrogen) atoms. The van der Waals surface area contributed by atoms with Gasteiger partial charge in [0, 0.05) is 25.4 Å². The van der Waals surface area contributed by atoms with Crippen molar-refractivity contribution in [3.8, 4) is 0 Å². The normalized spacial score (nSPS) is 20.4. The second-order valence-corrected chi connectivity index (χ2v) is 5.75. The maximum atomic E-state index is 11.9. The zero-order valence-corrected chi connectivity index (χ0v) is 12.3. The lowest BCUT2D eigenvalue weighted by Gasteiger charge is -2.28. The van der Waals surface area contributed by atoms with Crippen LogP contribution in [0.3, 0.4) is 0 Å². The summed E-state index contributed by atoms with van der Waals surface area (Å²) < 4.78 is 0. The second-order valence-electron chi connectivity index (χ2n) is 5.75. The number of amides is 1. The third-order valence-corrected chi connectivity index (χ3v) is 4.11. The lowest BCUT2D eigenvalue weighted by Crippen LogP contribution is -2.36. The van der Waals surface area contributed by atoms with Gasteiger partial charge < -0.3 is 10.6 Å². The Hall–Kier alpha value is -1.42. The molecule has 2 rings (SSSR count). The predicted molar refractivity (Wildman–Crippen MR) is 80.3 cm³/mol. The highest BCUT2D eigenvalue weighted by atomic mass is 16.1. The van der Waals surface area contributed by atoms with Crippen LogP contribution in [0.15, 0.2) is 24.5 Å². The van der Waals surface area contributed by atoms with Crippen molar-refractivity contribution in [2.75, 3.05) is 19.6 Å². The van der Waals surface area contributed by atoms with Gasteiger partial charge >= 0.3 is 0 Å². The number of piperidine rings is 1. The average molecular weight is 275 g/mol. The van der Waals surface area contributed by atoms with E-state index in [-0.39, 0.29) is 5.91 Å². The third-order valence-electron chi connectivity index (χ3n) is 4.11. The van der Waals surface area contributed by atoms with Gasteiger partial charge in [-0.05, 0) is 55.8 Å². The molecule has 1 saturated heterocycles. The van der Waals surface area contributed by atoms with Gasteiger partial charge in [0.05, 0.1) is 0 Å². The van der Waals surface area contributed by atoms with Crippen LogP contribution in [-0.2, 0) is 11.2 Å². The Labute approximate surface area is 121 Å². The second kappa shape index (κ2) is 8.00. The number of carbonyl (C=O) groups excluding carboxylic acids is 1. The number of nitrogens with one attached hydrogen (secondary N) is 2. The lowest BCUT2D eigenvalue weighted by molar-refractivity contribution is -0.122. The van der Waals surface area contributed by atoms with Gasteiger partial charge in [0.25, 0.3) is 0 Å². The molecule has 1 aliphatic heterocycles. The molecule has 0 radical (unpaired) electrons. The average Bonchev–Trinajstić information content (AvgIpc) is 2.49. The molecular formula is C16H25N3O. The summed E-state index contributed by atoms with van der Waals surface area (Å²) >= 11 is 0. The molecule has 0 spiro atoms. The van der Waals surface area contributed by atoms with Crippen molar-refractivity contribution in [1.29, 1.82) is 0 Å². The predicted octanol–water partition coefficient (Wildman–Crippen LogP) is 1.77. The molecule has 4 heteroatoms. The summed E-state index contributed by atoms with van der Waals surface area (Å²) in [6, 6.07) is 3.96. The molecule has 2 N–H and O–H groups in total. The fourth-order valence-electron chi connectivity index (χ4n) is 2.79. The Balaban J connectivity index is 1.64. The molecule has 1 aromatic heterocycles. The van der Waals surface area contributed by atoms with E-state index in [4.69, 9.17) is 0 Å². The molecule has 2 heterocycles. The van der Waals surface area contributed by atoms with Crippen molar-refractivity contribution >= 4 is 5.91 Å². The van der Waals surface area contributed by atoms with E-state index in [1.807, 2.05) is 18.3 Å². The zero-order valence-electron chi connectivity index (χ0n) is 12.3. The van der Waals surface area contributed by atoms with Crippen molar-refractivity contribution in [2.45, 2.75) is 32.6 Å². The summed E-state index contributed by atoms with van der Waals surface area (Å²) in [4.78, 5) is 16.0. The van der Waals surface area contributed by atoms with Crippen LogP contribution in [0, 0.1) is 11.8 Å². The molecule has 0 bridgehead atoms. The van der Waals surface area contributed by atoms with Crippen LogP contribution in [0.2, 0.25) is 0 Å². The number of aromatic nitrogens is 1. The fourth-order valence-corrected chi connectivity index (χ4v) is 2.79. The first-order valence-corrected chi connectivity index (χ1v) is 7.62. The number of pyridine rings is 1. The van der Waals surface area contributed by atoms with Gasteiger partial charge in [-0.25, -0.2) is 0 Å². The van der Waals surface area contributed by atoms with Crippen molar-refractivity contribution in [1.82, 2.24) is 15.6 Å². The van der Waals surface area contributed by atoms with Crippen LogP contribution < -0.4 is 10.6 Å². The van der Waals surface area contributed by atoms with Crippen LogP contribution in [0.25, 0.3) is 0 Å². The third kappa shape index (κ3) is 4.93. The van der Waals surface area contributed by atoms with Crippen LogP contribution in [0.4, 0.5) is 0 Å². The quantitative estimate of drug-likeness (QED) is 0.832. The molecule has 0 aromatic carbocycles. The number of nitrogens with zero attached hydrogens (tertiary/aromatic N) is 1. The Morgan fingerprint density at radius 3 is 3.20 bits per heavy atom. The summed E-state index contributed by atoms with van der Waals surface area (Å²) in [6.07, 6.45) is 7.58. The highest BCUT2D eigenvalue weighted by Gasteiger charge is 2.21. The molecule has 2 atom stereocenters. The highest BCUT2D eigenvalue weighted by Crippen LogP contribution is 2.22. The summed E-state index contributed by atoms with van der Waals surface area (Å²) in [5, 5.41) is 6.43. The van der Waals surface area contributed by atoms with Crippen LogP contribution in [-0.4, -0.2) is 30.5 Å². The first-order chi connectivity index (χ1) is 9.75. The summed E-state index contributed by atoms with van der Waals surface area (Å²) in [7, 11) is 0. The molecule has 0 saturated carbocycles. The van der Waals surface area contributed by atoms with Gasteiger partial charge in [-0.3, -0.25) is 9.78 Å². The molecule has 110 valence electrons. The van der Waals surface area contributed by atoms with E-state index < -0.39 is 0 Å². The highest BCUT2D eigenvalue weighted by molar-refractivity contribution is 5.76. The number of hydrogen-bond acceptors (Lipinski definition) is 3. The van der Waals surface area contributed by atoms with Crippen LogP contribution >= 0.6 is 0 Å². The van der Waals surface area contributed by atoms with Gasteiger partial charge in [0.15, 0.2) is 0 Å². The standard InChI is InChI=1S/C16H25N3O/c1-13(15-5-3-8-18-12-15)10-16(20)19-9-6-14-4-2-7-17-11-14/h2,4,7,11,13,15,18H,3,5-6,8-10,12H2,1H3,(H,19,20). The van der Waals surface area contributed by atoms with Gasteiger partial charge in [-0.2, -0.15) is 0 Å². The number of rotatable bonds is 6. The van der Waals surface area contributed by atoms with Gasteiger partial charge in [0.2, 0.25) is 5.91 Å². The topological polar surface area (TPSA) is 54.0 Å². The minimum absolute atomic E-state index is 0.173. The van der Waals surface area contributed by atoms with Gasteiger partial charge in [-0.15, -0.1) is 0 Å². The molecule has 4 nitrogen and oxygen atoms in total. The van der Waals surface area contributed by atoms with E-state index in [0.29, 0.717) is 24.8 Å². The monoisotopic (exact) mass is 275 g/mol. The molecule has 2 unspecified atom stereocenters.